The Morgan fingerprint density at radius 1 is 1.09 bits per heavy atom. The van der Waals surface area contributed by atoms with E-state index < -0.39 is 24.0 Å². The minimum Gasteiger partial charge on any atom is -0.481 e. The van der Waals surface area contributed by atoms with Gasteiger partial charge in [-0.25, -0.2) is 4.79 Å². The van der Waals surface area contributed by atoms with Crippen LogP contribution in [0.4, 0.5) is 4.79 Å². The monoisotopic (exact) mass is 474 g/mol. The highest BCUT2D eigenvalue weighted by Crippen LogP contribution is 2.44. The smallest absolute Gasteiger partial charge is 0.408 e. The molecule has 2 atom stereocenters. The number of aromatic nitrogens is 2. The summed E-state index contributed by atoms with van der Waals surface area (Å²) in [5.41, 5.74) is 4.93. The second-order valence-electron chi connectivity index (χ2n) is 8.89. The van der Waals surface area contributed by atoms with Gasteiger partial charge in [-0.1, -0.05) is 48.5 Å². The van der Waals surface area contributed by atoms with Gasteiger partial charge in [-0.2, -0.15) is 5.10 Å². The average Bonchev–Trinajstić information content (AvgIpc) is 3.59. The molecule has 2 unspecified atom stereocenters. The molecule has 1 aliphatic heterocycles. The van der Waals surface area contributed by atoms with Crippen LogP contribution < -0.4 is 5.32 Å². The topological polar surface area (TPSA) is 114 Å². The van der Waals surface area contributed by atoms with Gasteiger partial charge in [0, 0.05) is 32.3 Å². The summed E-state index contributed by atoms with van der Waals surface area (Å²) in [6, 6.07) is 16.7. The minimum absolute atomic E-state index is 0.103. The highest BCUT2D eigenvalue weighted by atomic mass is 16.5. The first-order valence-electron chi connectivity index (χ1n) is 11.5. The lowest BCUT2D eigenvalue weighted by atomic mass is 9.98. The molecule has 0 bridgehead atoms. The Kier molecular flexibility index (Phi) is 5.98. The van der Waals surface area contributed by atoms with Crippen LogP contribution in [0.25, 0.3) is 11.1 Å². The molecule has 2 amide bonds. The van der Waals surface area contributed by atoms with Gasteiger partial charge in [-0.15, -0.1) is 0 Å². The van der Waals surface area contributed by atoms with Crippen LogP contribution in [-0.2, 0) is 21.4 Å². The SMILES string of the molecule is Cn1nccc1C(NC(=O)OCC1c2ccccc2-c2ccccc21)C(=O)N1CCC(C(=O)O)C1. The number of amides is 2. The van der Waals surface area contributed by atoms with Crippen LogP contribution in [0.1, 0.15) is 35.2 Å². The molecule has 1 fully saturated rings. The van der Waals surface area contributed by atoms with Crippen molar-refractivity contribution < 1.29 is 24.2 Å². The van der Waals surface area contributed by atoms with E-state index in [0.717, 1.165) is 22.3 Å². The van der Waals surface area contributed by atoms with E-state index >= 15 is 0 Å². The van der Waals surface area contributed by atoms with Crippen molar-refractivity contribution in [2.24, 2.45) is 13.0 Å². The molecule has 5 rings (SSSR count). The molecule has 1 aromatic heterocycles. The molecule has 9 nitrogen and oxygen atoms in total. The fraction of sp³-hybridized carbons (Fsp3) is 0.308. The highest BCUT2D eigenvalue weighted by Gasteiger charge is 2.37. The molecule has 2 N–H and O–H groups in total. The fourth-order valence-electron chi connectivity index (χ4n) is 5.03. The van der Waals surface area contributed by atoms with Gasteiger partial charge >= 0.3 is 12.1 Å². The number of rotatable bonds is 6. The molecule has 1 aliphatic carbocycles. The molecule has 3 aromatic rings. The Hall–Kier alpha value is -4.14. The Labute approximate surface area is 202 Å². The standard InChI is InChI=1S/C26H26N4O5/c1-29-22(10-12-27-29)23(24(31)30-13-11-16(14-30)25(32)33)28-26(34)35-15-21-19-8-4-2-6-17(19)18-7-3-5-9-20(18)21/h2-10,12,16,21,23H,11,13-15H2,1H3,(H,28,34)(H,32,33). The van der Waals surface area contributed by atoms with Crippen molar-refractivity contribution in [1.29, 1.82) is 0 Å². The van der Waals surface area contributed by atoms with Gasteiger partial charge in [0.05, 0.1) is 11.6 Å². The van der Waals surface area contributed by atoms with Gasteiger partial charge in [-0.05, 0) is 34.7 Å². The predicted molar refractivity (Wildman–Crippen MR) is 126 cm³/mol. The van der Waals surface area contributed by atoms with E-state index in [-0.39, 0.29) is 25.0 Å². The number of nitrogens with one attached hydrogen (secondary N) is 1. The van der Waals surface area contributed by atoms with E-state index in [0.29, 0.717) is 18.7 Å². The molecular formula is C26H26N4O5. The summed E-state index contributed by atoms with van der Waals surface area (Å²) in [7, 11) is 1.68. The second kappa shape index (κ2) is 9.25. The number of aliphatic carboxylic acids is 1. The van der Waals surface area contributed by atoms with Crippen molar-refractivity contribution in [2.75, 3.05) is 19.7 Å². The maximum atomic E-state index is 13.3. The molecule has 2 aliphatic rings. The number of nitrogens with zero attached hydrogens (tertiary/aromatic N) is 3. The predicted octanol–water partition coefficient (Wildman–Crippen LogP) is 2.93. The number of likely N-dealkylation sites (tertiary alicyclic amines) is 1. The summed E-state index contributed by atoms with van der Waals surface area (Å²) in [6.07, 6.45) is 1.20. The molecule has 2 heterocycles. The maximum absolute atomic E-state index is 13.3. The zero-order valence-electron chi connectivity index (χ0n) is 19.3. The number of alkyl carbamates (subject to hydrolysis) is 1. The molecule has 9 heteroatoms. The zero-order valence-corrected chi connectivity index (χ0v) is 19.3. The van der Waals surface area contributed by atoms with E-state index in [1.54, 1.807) is 19.3 Å². The van der Waals surface area contributed by atoms with Crippen molar-refractivity contribution in [1.82, 2.24) is 20.0 Å². The number of ether oxygens (including phenoxy) is 1. The van der Waals surface area contributed by atoms with E-state index in [4.69, 9.17) is 4.74 Å². The van der Waals surface area contributed by atoms with Gasteiger partial charge in [0.25, 0.3) is 5.91 Å². The van der Waals surface area contributed by atoms with Gasteiger partial charge in [0.15, 0.2) is 6.04 Å². The maximum Gasteiger partial charge on any atom is 0.408 e. The summed E-state index contributed by atoms with van der Waals surface area (Å²) in [5, 5.41) is 16.1. The van der Waals surface area contributed by atoms with Gasteiger partial charge in [-0.3, -0.25) is 14.3 Å². The number of fused-ring (bicyclic) bond motifs is 3. The number of hydrogen-bond donors (Lipinski definition) is 2. The van der Waals surface area contributed by atoms with Crippen molar-refractivity contribution in [3.8, 4) is 11.1 Å². The molecule has 0 spiro atoms. The van der Waals surface area contributed by atoms with Crippen LogP contribution in [0.3, 0.4) is 0 Å². The van der Waals surface area contributed by atoms with Crippen molar-refractivity contribution in [3.63, 3.8) is 0 Å². The Morgan fingerprint density at radius 2 is 1.74 bits per heavy atom. The lowest BCUT2D eigenvalue weighted by molar-refractivity contribution is -0.141. The number of carboxylic acids is 1. The first kappa shape index (κ1) is 22.6. The minimum atomic E-state index is -1.04. The third-order valence-corrected chi connectivity index (χ3v) is 6.86. The molecule has 35 heavy (non-hydrogen) atoms. The third-order valence-electron chi connectivity index (χ3n) is 6.86. The van der Waals surface area contributed by atoms with E-state index in [1.165, 1.54) is 9.58 Å². The molecule has 0 saturated carbocycles. The normalized spacial score (nSPS) is 17.5. The first-order valence-corrected chi connectivity index (χ1v) is 11.5. The van der Waals surface area contributed by atoms with Gasteiger partial charge in [0.1, 0.15) is 6.61 Å². The quantitative estimate of drug-likeness (QED) is 0.568. The van der Waals surface area contributed by atoms with Crippen LogP contribution in [0, 0.1) is 5.92 Å². The van der Waals surface area contributed by atoms with Crippen LogP contribution in [0.5, 0.6) is 0 Å². The number of carboxylic acid groups (broad SMARTS) is 1. The first-order chi connectivity index (χ1) is 16.9. The second-order valence-corrected chi connectivity index (χ2v) is 8.89. The summed E-state index contributed by atoms with van der Waals surface area (Å²) in [6.45, 7) is 0.544. The summed E-state index contributed by atoms with van der Waals surface area (Å²) in [4.78, 5) is 39.0. The van der Waals surface area contributed by atoms with Crippen LogP contribution in [-0.4, -0.2) is 57.5 Å². The number of hydrogen-bond acceptors (Lipinski definition) is 5. The lowest BCUT2D eigenvalue weighted by Gasteiger charge is -2.24. The van der Waals surface area contributed by atoms with Crippen molar-refractivity contribution in [3.05, 3.63) is 77.6 Å². The van der Waals surface area contributed by atoms with Crippen LogP contribution in [0.15, 0.2) is 60.8 Å². The molecule has 180 valence electrons. The van der Waals surface area contributed by atoms with Crippen molar-refractivity contribution in [2.45, 2.75) is 18.4 Å². The summed E-state index contributed by atoms with van der Waals surface area (Å²) >= 11 is 0. The zero-order chi connectivity index (χ0) is 24.5. The van der Waals surface area contributed by atoms with E-state index in [2.05, 4.69) is 22.5 Å². The highest BCUT2D eigenvalue weighted by molar-refractivity contribution is 5.87. The fourth-order valence-corrected chi connectivity index (χ4v) is 5.03. The lowest BCUT2D eigenvalue weighted by Crippen LogP contribution is -2.43. The van der Waals surface area contributed by atoms with Gasteiger partial charge < -0.3 is 20.1 Å². The third kappa shape index (κ3) is 4.25. The van der Waals surface area contributed by atoms with E-state index in [9.17, 15) is 19.5 Å². The average molecular weight is 475 g/mol. The van der Waals surface area contributed by atoms with E-state index in [1.807, 2.05) is 36.4 Å². The molecule has 0 radical (unpaired) electrons. The molecule has 2 aromatic carbocycles. The Morgan fingerprint density at radius 3 is 2.31 bits per heavy atom. The Bertz CT molecular complexity index is 1240. The number of benzene rings is 2. The summed E-state index contributed by atoms with van der Waals surface area (Å²) in [5.74, 6) is -2.03. The summed E-state index contributed by atoms with van der Waals surface area (Å²) < 4.78 is 7.15. The van der Waals surface area contributed by atoms with Crippen molar-refractivity contribution >= 4 is 18.0 Å². The largest absolute Gasteiger partial charge is 0.481 e. The molecular weight excluding hydrogens is 448 g/mol. The Balaban J connectivity index is 1.31. The van der Waals surface area contributed by atoms with Crippen LogP contribution in [0.2, 0.25) is 0 Å². The van der Waals surface area contributed by atoms with Crippen LogP contribution >= 0.6 is 0 Å². The number of carbonyl (C=O) groups excluding carboxylic acids is 2. The molecule has 1 saturated heterocycles. The number of aryl methyl sites for hydroxylation is 1. The van der Waals surface area contributed by atoms with Gasteiger partial charge in [0.2, 0.25) is 0 Å². The number of carbonyl (C=O) groups is 3.